The average molecular weight is 285 g/mol. The highest BCUT2D eigenvalue weighted by molar-refractivity contribution is 5.95. The summed E-state index contributed by atoms with van der Waals surface area (Å²) in [4.78, 5) is 46.1. The van der Waals surface area contributed by atoms with Gasteiger partial charge in [0, 0.05) is 25.0 Å². The van der Waals surface area contributed by atoms with Crippen molar-refractivity contribution in [1.29, 1.82) is 0 Å². The molecule has 0 rings (SSSR count). The molecule has 112 valence electrons. The molecular weight excluding hydrogens is 266 g/mol. The third-order valence-corrected chi connectivity index (χ3v) is 2.32. The molecule has 0 aromatic rings. The zero-order valence-electron chi connectivity index (χ0n) is 11.9. The van der Waals surface area contributed by atoms with Gasteiger partial charge in [0.05, 0.1) is 13.7 Å². The van der Waals surface area contributed by atoms with E-state index in [9.17, 15) is 19.2 Å². The average Bonchev–Trinajstić information content (AvgIpc) is 2.47. The minimum absolute atomic E-state index is 0.00283. The van der Waals surface area contributed by atoms with Crippen molar-refractivity contribution < 1.29 is 28.7 Å². The highest BCUT2D eigenvalue weighted by atomic mass is 16.5. The van der Waals surface area contributed by atoms with Crippen LogP contribution < -0.4 is 0 Å². The lowest BCUT2D eigenvalue weighted by Crippen LogP contribution is -2.38. The van der Waals surface area contributed by atoms with Gasteiger partial charge in [0.1, 0.15) is 6.61 Å². The van der Waals surface area contributed by atoms with Crippen molar-refractivity contribution in [2.45, 2.75) is 26.7 Å². The zero-order valence-corrected chi connectivity index (χ0v) is 11.9. The lowest BCUT2D eigenvalue weighted by molar-refractivity contribution is -0.148. The second kappa shape index (κ2) is 9.71. The predicted octanol–water partition coefficient (Wildman–Crippen LogP) is 0.434. The lowest BCUT2D eigenvalue weighted by atomic mass is 10.3. The molecule has 0 aliphatic carbocycles. The Morgan fingerprint density at radius 2 is 1.45 bits per heavy atom. The maximum Gasteiger partial charge on any atom is 0.331 e. The van der Waals surface area contributed by atoms with E-state index in [4.69, 9.17) is 4.74 Å². The smallest absolute Gasteiger partial charge is 0.331 e. The number of carbonyl (C=O) groups excluding carboxylic acids is 4. The van der Waals surface area contributed by atoms with Gasteiger partial charge in [-0.1, -0.05) is 13.8 Å². The summed E-state index contributed by atoms with van der Waals surface area (Å²) in [6, 6.07) is 0. The second-order valence-corrected chi connectivity index (χ2v) is 3.67. The van der Waals surface area contributed by atoms with E-state index in [-0.39, 0.29) is 37.8 Å². The number of imide groups is 1. The van der Waals surface area contributed by atoms with E-state index in [1.807, 2.05) is 0 Å². The zero-order chi connectivity index (χ0) is 15.5. The molecule has 0 aromatic heterocycles. The Bertz CT molecular complexity index is 386. The summed E-state index contributed by atoms with van der Waals surface area (Å²) in [7, 11) is 1.18. The molecule has 0 aromatic carbocycles. The van der Waals surface area contributed by atoms with Crippen LogP contribution in [-0.4, -0.2) is 48.9 Å². The number of nitrogens with zero attached hydrogens (tertiary/aromatic N) is 1. The Morgan fingerprint density at radius 3 is 1.90 bits per heavy atom. The van der Waals surface area contributed by atoms with E-state index in [0.29, 0.717) is 0 Å². The van der Waals surface area contributed by atoms with E-state index in [0.717, 1.165) is 17.1 Å². The Balaban J connectivity index is 4.27. The first-order chi connectivity index (χ1) is 9.46. The quantitative estimate of drug-likeness (QED) is 0.498. The van der Waals surface area contributed by atoms with Gasteiger partial charge >= 0.3 is 11.9 Å². The molecule has 0 saturated carbocycles. The van der Waals surface area contributed by atoms with Crippen LogP contribution in [0.3, 0.4) is 0 Å². The maximum atomic E-state index is 11.5. The van der Waals surface area contributed by atoms with Crippen molar-refractivity contribution in [2.75, 3.05) is 20.3 Å². The minimum Gasteiger partial charge on any atom is -0.466 e. The van der Waals surface area contributed by atoms with Crippen LogP contribution in [0.1, 0.15) is 26.7 Å². The maximum absolute atomic E-state index is 11.5. The third-order valence-electron chi connectivity index (χ3n) is 2.32. The molecular formula is C13H19NO6. The summed E-state index contributed by atoms with van der Waals surface area (Å²) in [5.41, 5.74) is 0. The van der Waals surface area contributed by atoms with E-state index < -0.39 is 11.9 Å². The number of amides is 2. The largest absolute Gasteiger partial charge is 0.466 e. The van der Waals surface area contributed by atoms with Crippen molar-refractivity contribution in [3.8, 4) is 0 Å². The molecule has 0 aliphatic heterocycles. The number of methoxy groups -OCH3 is 1. The van der Waals surface area contributed by atoms with Gasteiger partial charge in [0.2, 0.25) is 11.8 Å². The van der Waals surface area contributed by atoms with Crippen molar-refractivity contribution in [1.82, 2.24) is 4.90 Å². The molecule has 0 saturated heterocycles. The molecule has 0 atom stereocenters. The van der Waals surface area contributed by atoms with E-state index >= 15 is 0 Å². The van der Waals surface area contributed by atoms with Gasteiger partial charge in [-0.05, 0) is 0 Å². The molecule has 7 heteroatoms. The molecule has 0 bridgehead atoms. The van der Waals surface area contributed by atoms with Crippen LogP contribution in [0.5, 0.6) is 0 Å². The third kappa shape index (κ3) is 6.67. The molecule has 0 fully saturated rings. The van der Waals surface area contributed by atoms with Gasteiger partial charge in [0.25, 0.3) is 0 Å². The summed E-state index contributed by atoms with van der Waals surface area (Å²) in [6.45, 7) is 3.16. The molecule has 0 radical (unpaired) electrons. The Hall–Kier alpha value is -2.18. The molecule has 0 unspecified atom stereocenters. The normalized spacial score (nSPS) is 10.2. The molecule has 0 N–H and O–H groups in total. The minimum atomic E-state index is -0.747. The summed E-state index contributed by atoms with van der Waals surface area (Å²) >= 11 is 0. The van der Waals surface area contributed by atoms with Gasteiger partial charge in [-0.15, -0.1) is 0 Å². The number of carbonyl (C=O) groups is 4. The lowest BCUT2D eigenvalue weighted by Gasteiger charge is -2.19. The van der Waals surface area contributed by atoms with Gasteiger partial charge in [-0.3, -0.25) is 14.5 Å². The van der Waals surface area contributed by atoms with Crippen LogP contribution >= 0.6 is 0 Å². The topological polar surface area (TPSA) is 90.0 Å². The van der Waals surface area contributed by atoms with Crippen molar-refractivity contribution in [3.05, 3.63) is 12.2 Å². The molecule has 0 spiro atoms. The van der Waals surface area contributed by atoms with Crippen LogP contribution in [0.25, 0.3) is 0 Å². The summed E-state index contributed by atoms with van der Waals surface area (Å²) in [6.07, 6.45) is 2.23. The number of hydrogen-bond acceptors (Lipinski definition) is 6. The summed E-state index contributed by atoms with van der Waals surface area (Å²) in [5.74, 6) is -2.06. The first-order valence-electron chi connectivity index (χ1n) is 6.22. The highest BCUT2D eigenvalue weighted by Gasteiger charge is 2.18. The van der Waals surface area contributed by atoms with Crippen molar-refractivity contribution in [3.63, 3.8) is 0 Å². The van der Waals surface area contributed by atoms with E-state index in [1.165, 1.54) is 7.11 Å². The summed E-state index contributed by atoms with van der Waals surface area (Å²) in [5, 5.41) is 0. The van der Waals surface area contributed by atoms with Gasteiger partial charge in [0.15, 0.2) is 0 Å². The first-order valence-corrected chi connectivity index (χ1v) is 6.22. The molecule has 0 aliphatic rings. The first kappa shape index (κ1) is 17.8. The van der Waals surface area contributed by atoms with Crippen LogP contribution in [0.2, 0.25) is 0 Å². The highest BCUT2D eigenvalue weighted by Crippen LogP contribution is 1.99. The fourth-order valence-corrected chi connectivity index (χ4v) is 1.26. The fourth-order valence-electron chi connectivity index (χ4n) is 1.26. The van der Waals surface area contributed by atoms with Gasteiger partial charge < -0.3 is 9.47 Å². The molecule has 7 nitrogen and oxygen atoms in total. The fraction of sp³-hybridized carbons (Fsp3) is 0.538. The number of ether oxygens (including phenoxy) is 2. The van der Waals surface area contributed by atoms with Gasteiger partial charge in [-0.25, -0.2) is 9.59 Å². The van der Waals surface area contributed by atoms with Gasteiger partial charge in [-0.2, -0.15) is 0 Å². The van der Waals surface area contributed by atoms with Crippen LogP contribution in [0, 0.1) is 0 Å². The van der Waals surface area contributed by atoms with Crippen LogP contribution in [-0.2, 0) is 28.7 Å². The van der Waals surface area contributed by atoms with E-state index in [1.54, 1.807) is 13.8 Å². The molecule has 20 heavy (non-hydrogen) atoms. The summed E-state index contributed by atoms with van der Waals surface area (Å²) < 4.78 is 9.08. The number of esters is 2. The predicted molar refractivity (Wildman–Crippen MR) is 69.4 cm³/mol. The second-order valence-electron chi connectivity index (χ2n) is 3.67. The van der Waals surface area contributed by atoms with E-state index in [2.05, 4.69) is 4.74 Å². The Kier molecular flexibility index (Phi) is 8.65. The standard InChI is InChI=1S/C13H19NO6/c1-4-10(15)14(11(16)5-2)8-9-20-13(18)7-6-12(17)19-3/h6-7H,4-5,8-9H2,1-3H3/b7-6+. The Labute approximate surface area is 117 Å². The SMILES string of the molecule is CCC(=O)N(CCOC(=O)/C=C/C(=O)OC)C(=O)CC. The monoisotopic (exact) mass is 285 g/mol. The number of rotatable bonds is 7. The van der Waals surface area contributed by atoms with Crippen LogP contribution in [0.4, 0.5) is 0 Å². The van der Waals surface area contributed by atoms with Crippen LogP contribution in [0.15, 0.2) is 12.2 Å². The van der Waals surface area contributed by atoms with Crippen molar-refractivity contribution >= 4 is 23.8 Å². The van der Waals surface area contributed by atoms with Crippen molar-refractivity contribution in [2.24, 2.45) is 0 Å². The number of hydrogen-bond donors (Lipinski definition) is 0. The molecule has 2 amide bonds. The molecule has 0 heterocycles. The Morgan fingerprint density at radius 1 is 0.950 bits per heavy atom.